The molecule has 1 aliphatic heterocycles. The van der Waals surface area contributed by atoms with Crippen LogP contribution in [0.3, 0.4) is 0 Å². The summed E-state index contributed by atoms with van der Waals surface area (Å²) < 4.78 is 0. The smallest absolute Gasteiger partial charge is 0.237 e. The van der Waals surface area contributed by atoms with E-state index in [9.17, 15) is 4.79 Å². The summed E-state index contributed by atoms with van der Waals surface area (Å²) >= 11 is 0. The Labute approximate surface area is 124 Å². The molecule has 1 unspecified atom stereocenters. The van der Waals surface area contributed by atoms with Gasteiger partial charge in [-0.2, -0.15) is 0 Å². The van der Waals surface area contributed by atoms with Gasteiger partial charge in [-0.15, -0.1) is 0 Å². The molecule has 1 rings (SSSR count). The fourth-order valence-electron chi connectivity index (χ4n) is 2.94. The first-order valence-electron chi connectivity index (χ1n) is 8.37. The average Bonchev–Trinajstić information content (AvgIpc) is 2.50. The monoisotopic (exact) mass is 283 g/mol. The molecular weight excluding hydrogens is 250 g/mol. The third kappa shape index (κ3) is 5.41. The summed E-state index contributed by atoms with van der Waals surface area (Å²) in [5.41, 5.74) is 0. The SMILES string of the molecule is CCC(CC)NC(=O)C(C)N(CC)CC1CCNCC1. The Bertz CT molecular complexity index is 273. The number of hydrogen-bond donors (Lipinski definition) is 2. The fourth-order valence-corrected chi connectivity index (χ4v) is 2.94. The van der Waals surface area contributed by atoms with Crippen LogP contribution < -0.4 is 10.6 Å². The molecule has 0 aromatic heterocycles. The van der Waals surface area contributed by atoms with E-state index in [0.717, 1.165) is 44.9 Å². The molecule has 1 amide bonds. The second-order valence-corrected chi connectivity index (χ2v) is 5.98. The number of nitrogens with one attached hydrogen (secondary N) is 2. The van der Waals surface area contributed by atoms with Crippen molar-refractivity contribution in [3.63, 3.8) is 0 Å². The lowest BCUT2D eigenvalue weighted by molar-refractivity contribution is -0.126. The van der Waals surface area contributed by atoms with Crippen molar-refractivity contribution in [1.82, 2.24) is 15.5 Å². The van der Waals surface area contributed by atoms with Crippen LogP contribution in [0, 0.1) is 5.92 Å². The summed E-state index contributed by atoms with van der Waals surface area (Å²) in [6.07, 6.45) is 4.49. The molecule has 4 nitrogen and oxygen atoms in total. The van der Waals surface area contributed by atoms with Crippen molar-refractivity contribution in [3.05, 3.63) is 0 Å². The van der Waals surface area contributed by atoms with Gasteiger partial charge in [-0.1, -0.05) is 20.8 Å². The Hall–Kier alpha value is -0.610. The molecular formula is C16H33N3O. The number of amides is 1. The number of likely N-dealkylation sites (N-methyl/N-ethyl adjacent to an activating group) is 1. The molecule has 0 radical (unpaired) electrons. The largest absolute Gasteiger partial charge is 0.352 e. The van der Waals surface area contributed by atoms with Crippen LogP contribution in [0.5, 0.6) is 0 Å². The second kappa shape index (κ2) is 9.35. The molecule has 1 saturated heterocycles. The van der Waals surface area contributed by atoms with Gasteiger partial charge < -0.3 is 10.6 Å². The molecule has 0 saturated carbocycles. The van der Waals surface area contributed by atoms with Crippen LogP contribution in [0.1, 0.15) is 53.4 Å². The van der Waals surface area contributed by atoms with Gasteiger partial charge >= 0.3 is 0 Å². The summed E-state index contributed by atoms with van der Waals surface area (Å²) in [6, 6.07) is 0.304. The van der Waals surface area contributed by atoms with Gasteiger partial charge in [0.2, 0.25) is 5.91 Å². The zero-order chi connectivity index (χ0) is 15.0. The van der Waals surface area contributed by atoms with Gasteiger partial charge in [-0.25, -0.2) is 0 Å². The predicted molar refractivity (Wildman–Crippen MR) is 84.8 cm³/mol. The van der Waals surface area contributed by atoms with Crippen molar-refractivity contribution in [2.45, 2.75) is 65.5 Å². The van der Waals surface area contributed by atoms with Crippen molar-refractivity contribution < 1.29 is 4.79 Å². The lowest BCUT2D eigenvalue weighted by Gasteiger charge is -2.33. The molecule has 118 valence electrons. The maximum Gasteiger partial charge on any atom is 0.237 e. The first kappa shape index (κ1) is 17.4. The van der Waals surface area contributed by atoms with E-state index in [1.807, 2.05) is 6.92 Å². The van der Waals surface area contributed by atoms with Crippen molar-refractivity contribution in [1.29, 1.82) is 0 Å². The van der Waals surface area contributed by atoms with E-state index in [-0.39, 0.29) is 11.9 Å². The number of piperidine rings is 1. The first-order valence-corrected chi connectivity index (χ1v) is 8.37. The van der Waals surface area contributed by atoms with Crippen LogP contribution in [0.4, 0.5) is 0 Å². The molecule has 2 N–H and O–H groups in total. The highest BCUT2D eigenvalue weighted by molar-refractivity contribution is 5.81. The number of carbonyl (C=O) groups is 1. The Morgan fingerprint density at radius 1 is 1.25 bits per heavy atom. The third-order valence-electron chi connectivity index (χ3n) is 4.62. The van der Waals surface area contributed by atoms with E-state index in [1.54, 1.807) is 0 Å². The van der Waals surface area contributed by atoms with E-state index in [0.29, 0.717) is 6.04 Å². The quantitative estimate of drug-likeness (QED) is 0.716. The molecule has 0 aromatic carbocycles. The van der Waals surface area contributed by atoms with E-state index >= 15 is 0 Å². The highest BCUT2D eigenvalue weighted by Gasteiger charge is 2.24. The summed E-state index contributed by atoms with van der Waals surface area (Å²) in [5, 5.41) is 6.58. The molecule has 0 spiro atoms. The standard InChI is InChI=1S/C16H33N3O/c1-5-15(6-2)18-16(20)13(4)19(7-3)12-14-8-10-17-11-9-14/h13-15,17H,5-12H2,1-4H3,(H,18,20). The summed E-state index contributed by atoms with van der Waals surface area (Å²) in [6.45, 7) is 12.7. The van der Waals surface area contributed by atoms with Gasteiger partial charge in [0.1, 0.15) is 0 Å². The number of nitrogens with zero attached hydrogens (tertiary/aromatic N) is 1. The minimum Gasteiger partial charge on any atom is -0.352 e. The van der Waals surface area contributed by atoms with E-state index in [2.05, 4.69) is 36.3 Å². The van der Waals surface area contributed by atoms with E-state index in [4.69, 9.17) is 0 Å². The minimum atomic E-state index is -0.0181. The van der Waals surface area contributed by atoms with Crippen LogP contribution in [-0.2, 0) is 4.79 Å². The molecule has 4 heteroatoms. The molecule has 1 aliphatic rings. The summed E-state index contributed by atoms with van der Waals surface area (Å²) in [4.78, 5) is 14.7. The van der Waals surface area contributed by atoms with Gasteiger partial charge in [-0.3, -0.25) is 9.69 Å². The molecule has 0 bridgehead atoms. The van der Waals surface area contributed by atoms with Crippen molar-refractivity contribution >= 4 is 5.91 Å². The minimum absolute atomic E-state index is 0.0181. The molecule has 1 heterocycles. The third-order valence-corrected chi connectivity index (χ3v) is 4.62. The molecule has 1 atom stereocenters. The van der Waals surface area contributed by atoms with Crippen LogP contribution in [-0.4, -0.2) is 49.1 Å². The first-order chi connectivity index (χ1) is 9.62. The second-order valence-electron chi connectivity index (χ2n) is 5.98. The summed E-state index contributed by atoms with van der Waals surface area (Å²) in [5.74, 6) is 0.925. The Balaban J connectivity index is 2.47. The number of rotatable bonds is 8. The normalized spacial score (nSPS) is 18.5. The lowest BCUT2D eigenvalue weighted by Crippen LogP contribution is -2.50. The zero-order valence-corrected chi connectivity index (χ0v) is 13.7. The average molecular weight is 283 g/mol. The highest BCUT2D eigenvalue weighted by atomic mass is 16.2. The van der Waals surface area contributed by atoms with Crippen LogP contribution >= 0.6 is 0 Å². The van der Waals surface area contributed by atoms with Crippen molar-refractivity contribution in [3.8, 4) is 0 Å². The molecule has 0 aromatic rings. The van der Waals surface area contributed by atoms with Crippen LogP contribution in [0.2, 0.25) is 0 Å². The molecule has 1 fully saturated rings. The van der Waals surface area contributed by atoms with Crippen molar-refractivity contribution in [2.24, 2.45) is 5.92 Å². The molecule has 0 aliphatic carbocycles. The van der Waals surface area contributed by atoms with Crippen molar-refractivity contribution in [2.75, 3.05) is 26.2 Å². The van der Waals surface area contributed by atoms with Crippen LogP contribution in [0.15, 0.2) is 0 Å². The summed E-state index contributed by atoms with van der Waals surface area (Å²) in [7, 11) is 0. The fraction of sp³-hybridized carbons (Fsp3) is 0.938. The number of hydrogen-bond acceptors (Lipinski definition) is 3. The zero-order valence-electron chi connectivity index (χ0n) is 13.7. The van der Waals surface area contributed by atoms with E-state index < -0.39 is 0 Å². The highest BCUT2D eigenvalue weighted by Crippen LogP contribution is 2.15. The van der Waals surface area contributed by atoms with Crippen LogP contribution in [0.25, 0.3) is 0 Å². The van der Waals surface area contributed by atoms with Gasteiger partial charge in [-0.05, 0) is 58.2 Å². The maximum absolute atomic E-state index is 12.3. The van der Waals surface area contributed by atoms with E-state index in [1.165, 1.54) is 12.8 Å². The Morgan fingerprint density at radius 3 is 2.35 bits per heavy atom. The Morgan fingerprint density at radius 2 is 1.85 bits per heavy atom. The van der Waals surface area contributed by atoms with Gasteiger partial charge in [0.25, 0.3) is 0 Å². The van der Waals surface area contributed by atoms with Gasteiger partial charge in [0.05, 0.1) is 6.04 Å². The predicted octanol–water partition coefficient (Wildman–Crippen LogP) is 2.00. The Kier molecular flexibility index (Phi) is 8.15. The maximum atomic E-state index is 12.3. The topological polar surface area (TPSA) is 44.4 Å². The van der Waals surface area contributed by atoms with Gasteiger partial charge in [0, 0.05) is 12.6 Å². The number of carbonyl (C=O) groups excluding carboxylic acids is 1. The molecule has 20 heavy (non-hydrogen) atoms. The lowest BCUT2D eigenvalue weighted by atomic mass is 9.97. The van der Waals surface area contributed by atoms with Gasteiger partial charge in [0.15, 0.2) is 0 Å².